The van der Waals surface area contributed by atoms with Crippen molar-refractivity contribution in [1.82, 2.24) is 0 Å². The van der Waals surface area contributed by atoms with E-state index in [1.807, 2.05) is 0 Å². The minimum absolute atomic E-state index is 0.00868. The van der Waals surface area contributed by atoms with Gasteiger partial charge in [-0.2, -0.15) is 0 Å². The topological polar surface area (TPSA) is 29.5 Å². The predicted octanol–water partition coefficient (Wildman–Crippen LogP) is 3.90. The Labute approximate surface area is 120 Å². The van der Waals surface area contributed by atoms with Crippen LogP contribution in [0.2, 0.25) is 5.02 Å². The lowest BCUT2D eigenvalue weighted by Crippen LogP contribution is -2.08. The summed E-state index contributed by atoms with van der Waals surface area (Å²) in [6.45, 7) is 0. The molecule has 0 aliphatic heterocycles. The number of halogens is 3. The lowest BCUT2D eigenvalue weighted by Gasteiger charge is -2.16. The summed E-state index contributed by atoms with van der Waals surface area (Å²) in [5, 5.41) is 10.1. The largest absolute Gasteiger partial charge is 0.496 e. The van der Waals surface area contributed by atoms with Crippen LogP contribution in [0.15, 0.2) is 36.4 Å². The van der Waals surface area contributed by atoms with Crippen LogP contribution in [-0.4, -0.2) is 12.2 Å². The molecule has 2 rings (SSSR count). The highest BCUT2D eigenvalue weighted by molar-refractivity contribution is 6.30. The molecule has 5 heteroatoms. The molecule has 1 unspecified atom stereocenters. The van der Waals surface area contributed by atoms with Crippen LogP contribution < -0.4 is 4.74 Å². The van der Waals surface area contributed by atoms with E-state index in [9.17, 15) is 13.9 Å². The number of benzene rings is 2. The normalized spacial score (nSPS) is 12.2. The summed E-state index contributed by atoms with van der Waals surface area (Å²) in [4.78, 5) is 0. The Hall–Kier alpha value is -1.65. The van der Waals surface area contributed by atoms with Crippen molar-refractivity contribution in [2.75, 3.05) is 7.11 Å². The van der Waals surface area contributed by atoms with Crippen molar-refractivity contribution in [3.63, 3.8) is 0 Å². The molecule has 0 heterocycles. The van der Waals surface area contributed by atoms with Crippen LogP contribution in [0.5, 0.6) is 5.75 Å². The van der Waals surface area contributed by atoms with E-state index in [0.717, 1.165) is 0 Å². The van der Waals surface area contributed by atoms with Gasteiger partial charge >= 0.3 is 0 Å². The zero-order chi connectivity index (χ0) is 14.7. The Kier molecular flexibility index (Phi) is 4.57. The standard InChI is InChI=1S/C15H13ClF2O2/c1-20-13-7-3-6-11(17)14(13)12(19)8-9-4-2-5-10(16)15(9)18/h2-7,12,19H,8H2,1H3. The molecule has 106 valence electrons. The minimum atomic E-state index is -1.22. The van der Waals surface area contributed by atoms with Crippen LogP contribution in [0.4, 0.5) is 8.78 Å². The monoisotopic (exact) mass is 298 g/mol. The van der Waals surface area contributed by atoms with Crippen LogP contribution in [0.1, 0.15) is 17.2 Å². The van der Waals surface area contributed by atoms with E-state index in [0.29, 0.717) is 0 Å². The number of aliphatic hydroxyl groups excluding tert-OH is 1. The number of ether oxygens (including phenoxy) is 1. The van der Waals surface area contributed by atoms with Gasteiger partial charge in [-0.25, -0.2) is 8.78 Å². The van der Waals surface area contributed by atoms with Gasteiger partial charge in [-0.15, -0.1) is 0 Å². The first kappa shape index (κ1) is 14.8. The summed E-state index contributed by atoms with van der Waals surface area (Å²) < 4.78 is 32.6. The van der Waals surface area contributed by atoms with Crippen molar-refractivity contribution in [3.05, 3.63) is 64.2 Å². The van der Waals surface area contributed by atoms with Crippen molar-refractivity contribution in [1.29, 1.82) is 0 Å². The molecule has 0 aromatic heterocycles. The van der Waals surface area contributed by atoms with Gasteiger partial charge < -0.3 is 9.84 Å². The predicted molar refractivity (Wildman–Crippen MR) is 73.0 cm³/mol. The molecular formula is C15H13ClF2O2. The van der Waals surface area contributed by atoms with E-state index in [2.05, 4.69) is 0 Å². The van der Waals surface area contributed by atoms with Gasteiger partial charge in [0, 0.05) is 6.42 Å². The number of hydrogen-bond donors (Lipinski definition) is 1. The van der Waals surface area contributed by atoms with Crippen molar-refractivity contribution in [3.8, 4) is 5.75 Å². The van der Waals surface area contributed by atoms with Crippen LogP contribution in [-0.2, 0) is 6.42 Å². The molecule has 0 amide bonds. The van der Waals surface area contributed by atoms with Gasteiger partial charge in [-0.05, 0) is 23.8 Å². The average molecular weight is 299 g/mol. The fourth-order valence-electron chi connectivity index (χ4n) is 2.04. The van der Waals surface area contributed by atoms with Crippen molar-refractivity contribution < 1.29 is 18.6 Å². The number of rotatable bonds is 4. The Bertz CT molecular complexity index is 617. The van der Waals surface area contributed by atoms with E-state index in [1.165, 1.54) is 37.4 Å². The van der Waals surface area contributed by atoms with Crippen molar-refractivity contribution in [2.24, 2.45) is 0 Å². The second-order valence-electron chi connectivity index (χ2n) is 4.29. The number of hydrogen-bond acceptors (Lipinski definition) is 2. The molecule has 2 aromatic rings. The highest BCUT2D eigenvalue weighted by atomic mass is 35.5. The van der Waals surface area contributed by atoms with Gasteiger partial charge in [0.2, 0.25) is 0 Å². The van der Waals surface area contributed by atoms with Crippen LogP contribution >= 0.6 is 11.6 Å². The molecule has 1 atom stereocenters. The SMILES string of the molecule is COc1cccc(F)c1C(O)Cc1cccc(Cl)c1F. The molecule has 0 saturated carbocycles. The molecule has 0 spiro atoms. The Morgan fingerprint density at radius 1 is 1.20 bits per heavy atom. The van der Waals surface area contributed by atoms with Crippen molar-refractivity contribution in [2.45, 2.75) is 12.5 Å². The van der Waals surface area contributed by atoms with Gasteiger partial charge in [0.05, 0.1) is 23.8 Å². The zero-order valence-corrected chi connectivity index (χ0v) is 11.5. The molecule has 0 bridgehead atoms. The number of methoxy groups -OCH3 is 1. The first-order valence-corrected chi connectivity index (χ1v) is 6.35. The Balaban J connectivity index is 2.33. The molecular weight excluding hydrogens is 286 g/mol. The highest BCUT2D eigenvalue weighted by Crippen LogP contribution is 2.31. The molecule has 1 N–H and O–H groups in total. The second kappa shape index (κ2) is 6.20. The van der Waals surface area contributed by atoms with Gasteiger partial charge in [0.15, 0.2) is 0 Å². The van der Waals surface area contributed by atoms with Crippen LogP contribution in [0.3, 0.4) is 0 Å². The summed E-state index contributed by atoms with van der Waals surface area (Å²) in [7, 11) is 1.38. The fourth-order valence-corrected chi connectivity index (χ4v) is 2.23. The first-order chi connectivity index (χ1) is 9.54. The summed E-state index contributed by atoms with van der Waals surface area (Å²) in [6.07, 6.45) is -1.32. The minimum Gasteiger partial charge on any atom is -0.496 e. The van der Waals surface area contributed by atoms with Gasteiger partial charge in [-0.1, -0.05) is 29.8 Å². The molecule has 0 aliphatic rings. The quantitative estimate of drug-likeness (QED) is 0.927. The van der Waals surface area contributed by atoms with Crippen molar-refractivity contribution >= 4 is 11.6 Å². The van der Waals surface area contributed by atoms with E-state index >= 15 is 0 Å². The molecule has 20 heavy (non-hydrogen) atoms. The van der Waals surface area contributed by atoms with Crippen LogP contribution in [0.25, 0.3) is 0 Å². The summed E-state index contributed by atoms with van der Waals surface area (Å²) in [6, 6.07) is 8.72. The second-order valence-corrected chi connectivity index (χ2v) is 4.70. The maximum absolute atomic E-state index is 13.8. The lowest BCUT2D eigenvalue weighted by atomic mass is 9.99. The third kappa shape index (κ3) is 2.92. The summed E-state index contributed by atoms with van der Waals surface area (Å²) in [5.41, 5.74) is 0.227. The third-order valence-corrected chi connectivity index (χ3v) is 3.30. The Morgan fingerprint density at radius 3 is 2.60 bits per heavy atom. The number of aliphatic hydroxyl groups is 1. The van der Waals surface area contributed by atoms with Gasteiger partial charge in [-0.3, -0.25) is 0 Å². The molecule has 0 fully saturated rings. The Morgan fingerprint density at radius 2 is 1.90 bits per heavy atom. The average Bonchev–Trinajstić information content (AvgIpc) is 2.43. The van der Waals surface area contributed by atoms with Crippen LogP contribution in [0, 0.1) is 11.6 Å². The molecule has 2 nitrogen and oxygen atoms in total. The summed E-state index contributed by atoms with van der Waals surface area (Å²) in [5.74, 6) is -0.984. The zero-order valence-electron chi connectivity index (χ0n) is 10.7. The molecule has 0 aliphatic carbocycles. The van der Waals surface area contributed by atoms with E-state index in [1.54, 1.807) is 6.07 Å². The van der Waals surface area contributed by atoms with Gasteiger partial charge in [0.25, 0.3) is 0 Å². The summed E-state index contributed by atoms with van der Waals surface area (Å²) >= 11 is 5.68. The highest BCUT2D eigenvalue weighted by Gasteiger charge is 2.20. The van der Waals surface area contributed by atoms with E-state index in [4.69, 9.17) is 16.3 Å². The smallest absolute Gasteiger partial charge is 0.145 e. The van der Waals surface area contributed by atoms with E-state index in [-0.39, 0.29) is 28.3 Å². The maximum Gasteiger partial charge on any atom is 0.145 e. The molecule has 0 radical (unpaired) electrons. The van der Waals surface area contributed by atoms with E-state index < -0.39 is 17.7 Å². The molecule has 0 saturated heterocycles. The maximum atomic E-state index is 13.8. The third-order valence-electron chi connectivity index (χ3n) is 3.01. The van der Waals surface area contributed by atoms with Gasteiger partial charge in [0.1, 0.15) is 17.4 Å². The molecule has 2 aromatic carbocycles. The first-order valence-electron chi connectivity index (χ1n) is 5.98. The lowest BCUT2D eigenvalue weighted by molar-refractivity contribution is 0.167. The fraction of sp³-hybridized carbons (Fsp3) is 0.200.